The molecule has 0 aliphatic carbocycles. The van der Waals surface area contributed by atoms with Gasteiger partial charge in [0.1, 0.15) is 12.0 Å². The number of hydrogen-bond donors (Lipinski definition) is 0. The minimum Gasteiger partial charge on any atom is -0.354 e. The molecule has 0 unspecified atom stereocenters. The highest BCUT2D eigenvalue weighted by atomic mass is 35.5. The van der Waals surface area contributed by atoms with Gasteiger partial charge < -0.3 is 4.90 Å². The number of alkyl halides is 1. The average Bonchev–Trinajstić information content (AvgIpc) is 3.39. The van der Waals surface area contributed by atoms with Crippen LogP contribution >= 0.6 is 12.4 Å². The smallest absolute Gasteiger partial charge is 0.333 e. The maximum atomic E-state index is 13.4. The van der Waals surface area contributed by atoms with Gasteiger partial charge in [-0.15, -0.1) is 12.4 Å². The van der Waals surface area contributed by atoms with E-state index in [-0.39, 0.29) is 18.4 Å². The van der Waals surface area contributed by atoms with E-state index in [4.69, 9.17) is 0 Å². The highest BCUT2D eigenvalue weighted by molar-refractivity contribution is 5.97. The first-order chi connectivity index (χ1) is 13.2. The van der Waals surface area contributed by atoms with Crippen LogP contribution in [0, 0.1) is 0 Å². The van der Waals surface area contributed by atoms with Crippen LogP contribution in [0.3, 0.4) is 0 Å². The van der Waals surface area contributed by atoms with Crippen molar-refractivity contribution in [1.82, 2.24) is 14.5 Å². The molecule has 5 heterocycles. The third-order valence-corrected chi connectivity index (χ3v) is 5.15. The molecule has 0 bridgehead atoms. The van der Waals surface area contributed by atoms with Gasteiger partial charge in [0.25, 0.3) is 0 Å². The van der Waals surface area contributed by atoms with E-state index in [1.807, 2.05) is 41.4 Å². The monoisotopic (exact) mass is 399 g/mol. The summed E-state index contributed by atoms with van der Waals surface area (Å²) < 4.78 is 15.0. The van der Waals surface area contributed by atoms with Crippen molar-refractivity contribution < 1.29 is 9.18 Å². The van der Waals surface area contributed by atoms with Crippen LogP contribution in [0.5, 0.6) is 0 Å². The molecule has 144 valence electrons. The van der Waals surface area contributed by atoms with E-state index in [1.54, 1.807) is 28.1 Å². The zero-order valence-electron chi connectivity index (χ0n) is 15.0. The lowest BCUT2D eigenvalue weighted by Crippen LogP contribution is -2.25. The van der Waals surface area contributed by atoms with Crippen LogP contribution in [-0.4, -0.2) is 39.8 Å². The summed E-state index contributed by atoms with van der Waals surface area (Å²) in [7, 11) is 0. The number of hydrogen-bond acceptors (Lipinski definition) is 4. The van der Waals surface area contributed by atoms with Crippen LogP contribution in [0.4, 0.5) is 20.7 Å². The molecule has 3 aromatic rings. The predicted octanol–water partition coefficient (Wildman–Crippen LogP) is 3.90. The lowest BCUT2D eigenvalue weighted by atomic mass is 10.1. The molecule has 0 radical (unpaired) electrons. The molecule has 5 rings (SSSR count). The second kappa shape index (κ2) is 7.24. The van der Waals surface area contributed by atoms with Gasteiger partial charge in [-0.1, -0.05) is 0 Å². The predicted molar refractivity (Wildman–Crippen MR) is 108 cm³/mol. The van der Waals surface area contributed by atoms with Crippen molar-refractivity contribution >= 4 is 29.9 Å². The summed E-state index contributed by atoms with van der Waals surface area (Å²) in [6.07, 6.45) is 6.80. The summed E-state index contributed by atoms with van der Waals surface area (Å²) in [4.78, 5) is 24.9. The normalized spacial score (nSPS) is 18.3. The van der Waals surface area contributed by atoms with E-state index in [2.05, 4.69) is 9.97 Å². The Hall–Kier alpha value is -2.93. The lowest BCUT2D eigenvalue weighted by molar-refractivity contribution is 0.251. The van der Waals surface area contributed by atoms with Gasteiger partial charge in [0.05, 0.1) is 25.0 Å². The topological polar surface area (TPSA) is 54.3 Å². The van der Waals surface area contributed by atoms with Crippen LogP contribution in [0.1, 0.15) is 12.1 Å². The highest BCUT2D eigenvalue weighted by Gasteiger charge is 2.29. The van der Waals surface area contributed by atoms with Gasteiger partial charge in [0.2, 0.25) is 0 Å². The molecule has 3 aromatic heterocycles. The molecule has 2 aliphatic rings. The third kappa shape index (κ3) is 3.11. The molecule has 8 heteroatoms. The van der Waals surface area contributed by atoms with Crippen molar-refractivity contribution in [2.75, 3.05) is 22.9 Å². The lowest BCUT2D eigenvalue weighted by Gasteiger charge is -2.16. The number of pyridine rings is 2. The van der Waals surface area contributed by atoms with Crippen LogP contribution < -0.4 is 9.80 Å². The van der Waals surface area contributed by atoms with Crippen molar-refractivity contribution in [2.45, 2.75) is 19.1 Å². The van der Waals surface area contributed by atoms with Crippen molar-refractivity contribution in [3.05, 3.63) is 60.8 Å². The molecule has 0 saturated carbocycles. The molecule has 0 aromatic carbocycles. The minimum atomic E-state index is -0.769. The molecule has 2 aliphatic heterocycles. The summed E-state index contributed by atoms with van der Waals surface area (Å²) in [6, 6.07) is 9.52. The van der Waals surface area contributed by atoms with E-state index >= 15 is 0 Å². The van der Waals surface area contributed by atoms with Crippen LogP contribution in [0.2, 0.25) is 0 Å². The van der Waals surface area contributed by atoms with Crippen molar-refractivity contribution in [3.8, 4) is 11.1 Å². The quantitative estimate of drug-likeness (QED) is 0.670. The number of nitrogens with zero attached hydrogens (tertiary/aromatic N) is 5. The van der Waals surface area contributed by atoms with E-state index in [9.17, 15) is 9.18 Å². The maximum Gasteiger partial charge on any atom is 0.333 e. The fraction of sp³-hybridized carbons (Fsp3) is 0.250. The Morgan fingerprint density at radius 3 is 2.68 bits per heavy atom. The highest BCUT2D eigenvalue weighted by Crippen LogP contribution is 2.30. The average molecular weight is 400 g/mol. The Morgan fingerprint density at radius 1 is 1.14 bits per heavy atom. The zero-order valence-corrected chi connectivity index (χ0v) is 15.8. The summed E-state index contributed by atoms with van der Waals surface area (Å²) in [6.45, 7) is 1.62. The summed E-state index contributed by atoms with van der Waals surface area (Å²) in [5, 5.41) is 0. The molecule has 1 amide bonds. The summed E-state index contributed by atoms with van der Waals surface area (Å²) in [5.74, 6) is 0.796. The molecular weight excluding hydrogens is 381 g/mol. The molecule has 28 heavy (non-hydrogen) atoms. The fourth-order valence-electron chi connectivity index (χ4n) is 3.71. The Kier molecular flexibility index (Phi) is 4.77. The maximum absolute atomic E-state index is 13.4. The van der Waals surface area contributed by atoms with Gasteiger partial charge in [-0.3, -0.25) is 14.5 Å². The van der Waals surface area contributed by atoms with Gasteiger partial charge in [-0.05, 0) is 36.8 Å². The van der Waals surface area contributed by atoms with Gasteiger partial charge in [0.15, 0.2) is 0 Å². The minimum absolute atomic E-state index is 0. The molecule has 6 nitrogen and oxygen atoms in total. The number of rotatable bonds is 3. The van der Waals surface area contributed by atoms with E-state index in [0.29, 0.717) is 26.1 Å². The first kappa shape index (κ1) is 18.4. The third-order valence-electron chi connectivity index (χ3n) is 5.15. The number of halogens is 2. The number of aromatic nitrogens is 3. The van der Waals surface area contributed by atoms with E-state index in [0.717, 1.165) is 28.3 Å². The standard InChI is InChI=1S/C20H18FN5O.ClH/c21-16-5-7-24(12-16)19-4-3-14(9-23-19)15-8-18-13-26(20(27)25(18)11-15)17-2-1-6-22-10-17;/h1-4,6,8-11,16H,5,7,12-13H2;1H/t16-;/m1./s1. The van der Waals surface area contributed by atoms with Gasteiger partial charge in [0, 0.05) is 42.0 Å². The molecule has 0 N–H and O–H groups in total. The number of anilines is 2. The van der Waals surface area contributed by atoms with Crippen LogP contribution in [0.15, 0.2) is 55.1 Å². The SMILES string of the molecule is Cl.O=C1N(c2cccnc2)Cc2cc(-c3ccc(N4CC[C@@H](F)C4)nc3)cn21. The molecule has 1 fully saturated rings. The number of carbonyl (C=O) groups excluding carboxylic acids is 1. The first-order valence-electron chi connectivity index (χ1n) is 8.97. The van der Waals surface area contributed by atoms with Gasteiger partial charge in [-0.2, -0.15) is 0 Å². The van der Waals surface area contributed by atoms with Crippen LogP contribution in [0.25, 0.3) is 11.1 Å². The summed E-state index contributed by atoms with van der Waals surface area (Å²) >= 11 is 0. The van der Waals surface area contributed by atoms with E-state index in [1.165, 1.54) is 0 Å². The fourth-order valence-corrected chi connectivity index (χ4v) is 3.71. The molecule has 1 atom stereocenters. The Balaban J connectivity index is 0.00000192. The van der Waals surface area contributed by atoms with Crippen molar-refractivity contribution in [2.24, 2.45) is 0 Å². The Labute approximate surface area is 168 Å². The zero-order chi connectivity index (χ0) is 18.4. The summed E-state index contributed by atoms with van der Waals surface area (Å²) in [5.41, 5.74) is 3.61. The largest absolute Gasteiger partial charge is 0.354 e. The Bertz CT molecular complexity index is 992. The van der Waals surface area contributed by atoms with Crippen molar-refractivity contribution in [3.63, 3.8) is 0 Å². The van der Waals surface area contributed by atoms with Gasteiger partial charge >= 0.3 is 6.03 Å². The number of fused-ring (bicyclic) bond motifs is 1. The number of amides is 1. The first-order valence-corrected chi connectivity index (χ1v) is 8.97. The second-order valence-electron chi connectivity index (χ2n) is 6.91. The molecule has 1 saturated heterocycles. The van der Waals surface area contributed by atoms with Crippen molar-refractivity contribution in [1.29, 1.82) is 0 Å². The van der Waals surface area contributed by atoms with Crippen LogP contribution in [-0.2, 0) is 6.54 Å². The Morgan fingerprint density at radius 2 is 2.04 bits per heavy atom. The second-order valence-corrected chi connectivity index (χ2v) is 6.91. The molecule has 0 spiro atoms. The van der Waals surface area contributed by atoms with Gasteiger partial charge in [-0.25, -0.2) is 14.2 Å². The molecular formula is C20H19ClFN5O. The number of carbonyl (C=O) groups is 1. The van der Waals surface area contributed by atoms with E-state index < -0.39 is 6.17 Å².